The van der Waals surface area contributed by atoms with E-state index in [1.807, 2.05) is 60.8 Å². The van der Waals surface area contributed by atoms with Crippen molar-refractivity contribution >= 4 is 23.0 Å². The Morgan fingerprint density at radius 3 is 2.31 bits per heavy atom. The van der Waals surface area contributed by atoms with Crippen molar-refractivity contribution in [3.8, 4) is 11.5 Å². The average molecular weight is 495 g/mol. The molecule has 1 saturated heterocycles. The summed E-state index contributed by atoms with van der Waals surface area (Å²) in [6.45, 7) is 0. The summed E-state index contributed by atoms with van der Waals surface area (Å²) in [6.07, 6.45) is 10.5. The predicted molar refractivity (Wildman–Crippen MR) is 147 cm³/mol. The molecule has 1 N–H and O–H groups in total. The zero-order valence-corrected chi connectivity index (χ0v) is 21.0. The van der Waals surface area contributed by atoms with E-state index in [4.69, 9.17) is 21.9 Å². The summed E-state index contributed by atoms with van der Waals surface area (Å²) in [4.78, 5) is 6.95. The summed E-state index contributed by atoms with van der Waals surface area (Å²) in [6, 6.07) is 29.1. The molecule has 1 aliphatic carbocycles. The number of hydrogen-bond acceptors (Lipinski definition) is 3. The van der Waals surface area contributed by atoms with Crippen molar-refractivity contribution in [1.29, 1.82) is 0 Å². The van der Waals surface area contributed by atoms with Gasteiger partial charge in [0.15, 0.2) is 5.11 Å². The Kier molecular flexibility index (Phi) is 6.43. The molecular formula is C30H30N4OS. The third-order valence-corrected chi connectivity index (χ3v) is 7.59. The molecule has 0 amide bonds. The number of thiocarbonyl (C=S) groups is 1. The van der Waals surface area contributed by atoms with Crippen LogP contribution in [0.2, 0.25) is 0 Å². The Morgan fingerprint density at radius 1 is 0.806 bits per heavy atom. The highest BCUT2D eigenvalue weighted by Gasteiger charge is 2.42. The molecule has 6 heteroatoms. The Labute approximate surface area is 217 Å². The molecule has 2 fully saturated rings. The number of pyridine rings is 1. The van der Waals surface area contributed by atoms with Gasteiger partial charge in [-0.1, -0.05) is 43.5 Å². The Morgan fingerprint density at radius 2 is 1.56 bits per heavy atom. The molecule has 3 heterocycles. The van der Waals surface area contributed by atoms with Crippen LogP contribution in [0, 0.1) is 0 Å². The van der Waals surface area contributed by atoms with Crippen LogP contribution < -0.4 is 15.0 Å². The molecule has 6 rings (SSSR count). The lowest BCUT2D eigenvalue weighted by Gasteiger charge is -2.32. The Balaban J connectivity index is 1.36. The molecule has 4 aromatic rings. The van der Waals surface area contributed by atoms with Gasteiger partial charge in [-0.3, -0.25) is 4.98 Å². The van der Waals surface area contributed by atoms with E-state index in [1.54, 1.807) is 0 Å². The van der Waals surface area contributed by atoms with Gasteiger partial charge in [0.1, 0.15) is 17.5 Å². The van der Waals surface area contributed by atoms with Gasteiger partial charge in [0.2, 0.25) is 0 Å². The van der Waals surface area contributed by atoms with Crippen LogP contribution in [0.3, 0.4) is 0 Å². The van der Waals surface area contributed by atoms with Gasteiger partial charge in [0, 0.05) is 29.8 Å². The van der Waals surface area contributed by atoms with Gasteiger partial charge < -0.3 is 19.5 Å². The molecule has 2 aromatic heterocycles. The van der Waals surface area contributed by atoms with Crippen molar-refractivity contribution in [2.75, 3.05) is 4.90 Å². The highest BCUT2D eigenvalue weighted by atomic mass is 32.1. The van der Waals surface area contributed by atoms with Gasteiger partial charge in [-0.15, -0.1) is 0 Å². The van der Waals surface area contributed by atoms with Crippen molar-refractivity contribution in [2.24, 2.45) is 0 Å². The number of hydrogen-bond donors (Lipinski definition) is 1. The van der Waals surface area contributed by atoms with Crippen LogP contribution >= 0.6 is 12.2 Å². The van der Waals surface area contributed by atoms with Crippen LogP contribution in [0.15, 0.2) is 97.3 Å². The van der Waals surface area contributed by atoms with E-state index in [-0.39, 0.29) is 12.1 Å². The summed E-state index contributed by atoms with van der Waals surface area (Å²) >= 11 is 5.93. The fourth-order valence-corrected chi connectivity index (χ4v) is 5.93. The van der Waals surface area contributed by atoms with E-state index in [9.17, 15) is 0 Å². The molecule has 0 radical (unpaired) electrons. The predicted octanol–water partition coefficient (Wildman–Crippen LogP) is 7.36. The minimum Gasteiger partial charge on any atom is -0.457 e. The van der Waals surface area contributed by atoms with E-state index in [0.717, 1.165) is 22.9 Å². The van der Waals surface area contributed by atoms with Crippen molar-refractivity contribution in [3.05, 3.63) is 109 Å². The molecule has 0 unspecified atom stereocenters. The second kappa shape index (κ2) is 10.2. The van der Waals surface area contributed by atoms with E-state index >= 15 is 0 Å². The SMILES string of the molecule is S=C1N[C@H](c2ccccn2)[C@@H](c2cccn2C2CCCCC2)N1c1ccc(Oc2ccccc2)cc1. The largest absolute Gasteiger partial charge is 0.457 e. The molecule has 1 saturated carbocycles. The second-order valence-electron chi connectivity index (χ2n) is 9.54. The quantitative estimate of drug-likeness (QED) is 0.284. The molecule has 182 valence electrons. The topological polar surface area (TPSA) is 42.3 Å². The monoisotopic (exact) mass is 494 g/mol. The lowest BCUT2D eigenvalue weighted by molar-refractivity contribution is 0.340. The number of aromatic nitrogens is 2. The number of nitrogens with one attached hydrogen (secondary N) is 1. The van der Waals surface area contributed by atoms with E-state index in [2.05, 4.69) is 51.3 Å². The number of ether oxygens (including phenoxy) is 1. The Bertz CT molecular complexity index is 1300. The van der Waals surface area contributed by atoms with E-state index in [1.165, 1.54) is 37.8 Å². The van der Waals surface area contributed by atoms with Gasteiger partial charge in [0.05, 0.1) is 11.7 Å². The Hall–Kier alpha value is -3.64. The zero-order chi connectivity index (χ0) is 24.3. The molecule has 5 nitrogen and oxygen atoms in total. The van der Waals surface area contributed by atoms with Crippen molar-refractivity contribution in [1.82, 2.24) is 14.9 Å². The number of nitrogens with zero attached hydrogens (tertiary/aromatic N) is 3. The molecule has 36 heavy (non-hydrogen) atoms. The highest BCUT2D eigenvalue weighted by Crippen LogP contribution is 2.43. The number of para-hydroxylation sites is 1. The summed E-state index contributed by atoms with van der Waals surface area (Å²) in [5, 5.41) is 4.30. The van der Waals surface area contributed by atoms with Crippen LogP contribution in [0.25, 0.3) is 0 Å². The van der Waals surface area contributed by atoms with Crippen molar-refractivity contribution in [3.63, 3.8) is 0 Å². The molecule has 1 aliphatic heterocycles. The van der Waals surface area contributed by atoms with Gasteiger partial charge in [-0.25, -0.2) is 0 Å². The lowest BCUT2D eigenvalue weighted by atomic mass is 9.94. The molecule has 2 atom stereocenters. The molecule has 0 spiro atoms. The number of anilines is 1. The first-order valence-corrected chi connectivity index (χ1v) is 13.2. The van der Waals surface area contributed by atoms with Gasteiger partial charge in [0.25, 0.3) is 0 Å². The van der Waals surface area contributed by atoms with Crippen LogP contribution in [-0.4, -0.2) is 14.7 Å². The van der Waals surface area contributed by atoms with Gasteiger partial charge >= 0.3 is 0 Å². The number of rotatable bonds is 6. The minimum absolute atomic E-state index is 0.00906. The average Bonchev–Trinajstić information content (AvgIpc) is 3.55. The van der Waals surface area contributed by atoms with Crippen molar-refractivity contribution in [2.45, 2.75) is 50.2 Å². The first-order chi connectivity index (χ1) is 17.8. The van der Waals surface area contributed by atoms with Crippen LogP contribution in [0.1, 0.15) is 61.6 Å². The highest BCUT2D eigenvalue weighted by molar-refractivity contribution is 7.80. The van der Waals surface area contributed by atoms with Gasteiger partial charge in [-0.05, 0) is 85.7 Å². The first kappa shape index (κ1) is 22.8. The van der Waals surface area contributed by atoms with Gasteiger partial charge in [-0.2, -0.15) is 0 Å². The molecular weight excluding hydrogens is 464 g/mol. The normalized spacial score (nSPS) is 20.3. The maximum absolute atomic E-state index is 6.03. The molecule has 0 bridgehead atoms. The molecule has 2 aliphatic rings. The van der Waals surface area contributed by atoms with Crippen molar-refractivity contribution < 1.29 is 4.74 Å². The fourth-order valence-electron chi connectivity index (χ4n) is 5.58. The third kappa shape index (κ3) is 4.49. The van der Waals surface area contributed by atoms with E-state index < -0.39 is 0 Å². The summed E-state index contributed by atoms with van der Waals surface area (Å²) < 4.78 is 8.53. The van der Waals surface area contributed by atoms with Crippen LogP contribution in [0.4, 0.5) is 5.69 Å². The minimum atomic E-state index is -0.0452. The maximum atomic E-state index is 6.03. The third-order valence-electron chi connectivity index (χ3n) is 7.27. The number of benzene rings is 2. The summed E-state index contributed by atoms with van der Waals surface area (Å²) in [5.41, 5.74) is 3.30. The van der Waals surface area contributed by atoms with Crippen LogP contribution in [-0.2, 0) is 0 Å². The summed E-state index contributed by atoms with van der Waals surface area (Å²) in [7, 11) is 0. The summed E-state index contributed by atoms with van der Waals surface area (Å²) in [5.74, 6) is 1.62. The standard InChI is InChI=1S/C30H30N4OS/c36-30-32-28(26-14-7-8-20-31-26)29(27-15-9-21-33(27)22-10-3-1-4-11-22)34(30)23-16-18-25(19-17-23)35-24-12-5-2-6-13-24/h2,5-9,12-22,28-29H,1,3-4,10-11H2,(H,32,36)/t28-,29-/m1/s1. The fraction of sp³-hybridized carbons (Fsp3) is 0.267. The van der Waals surface area contributed by atoms with E-state index in [0.29, 0.717) is 11.2 Å². The maximum Gasteiger partial charge on any atom is 0.174 e. The lowest BCUT2D eigenvalue weighted by Crippen LogP contribution is -2.31. The first-order valence-electron chi connectivity index (χ1n) is 12.8. The smallest absolute Gasteiger partial charge is 0.174 e. The van der Waals surface area contributed by atoms with Crippen LogP contribution in [0.5, 0.6) is 11.5 Å². The molecule has 2 aromatic carbocycles. The second-order valence-corrected chi connectivity index (χ2v) is 9.92. The zero-order valence-electron chi connectivity index (χ0n) is 20.2.